The van der Waals surface area contributed by atoms with E-state index in [4.69, 9.17) is 0 Å². The zero-order valence-electron chi connectivity index (χ0n) is 12.3. The molecule has 2 aromatic rings. The van der Waals surface area contributed by atoms with Crippen LogP contribution in [0.3, 0.4) is 0 Å². The minimum Gasteiger partial charge on any atom is -0.370 e. The number of hydrogen-bond donors (Lipinski definition) is 1. The summed E-state index contributed by atoms with van der Waals surface area (Å²) in [7, 11) is 0. The molecule has 2 aromatic heterocycles. The van der Waals surface area contributed by atoms with E-state index in [9.17, 15) is 0 Å². The SMILES string of the molecule is Cc1cc(C)n(CCCNc2ccc3c(n2)CCC3)n1. The van der Waals surface area contributed by atoms with Gasteiger partial charge in [0.2, 0.25) is 0 Å². The van der Waals surface area contributed by atoms with E-state index in [0.717, 1.165) is 37.4 Å². The lowest BCUT2D eigenvalue weighted by molar-refractivity contribution is 0.573. The summed E-state index contributed by atoms with van der Waals surface area (Å²) in [5.41, 5.74) is 5.04. The maximum absolute atomic E-state index is 4.69. The first-order valence-corrected chi connectivity index (χ1v) is 7.46. The summed E-state index contributed by atoms with van der Waals surface area (Å²) in [5, 5.41) is 7.89. The zero-order chi connectivity index (χ0) is 13.9. The van der Waals surface area contributed by atoms with Crippen LogP contribution in [-0.2, 0) is 19.4 Å². The number of rotatable bonds is 5. The average molecular weight is 270 g/mol. The molecule has 0 bridgehead atoms. The van der Waals surface area contributed by atoms with Crippen molar-refractivity contribution in [3.63, 3.8) is 0 Å². The third kappa shape index (κ3) is 2.84. The minimum absolute atomic E-state index is 0.935. The van der Waals surface area contributed by atoms with Crippen molar-refractivity contribution in [3.05, 3.63) is 40.8 Å². The van der Waals surface area contributed by atoms with E-state index >= 15 is 0 Å². The van der Waals surface area contributed by atoms with Crippen molar-refractivity contribution in [1.82, 2.24) is 14.8 Å². The fraction of sp³-hybridized carbons (Fsp3) is 0.500. The van der Waals surface area contributed by atoms with Crippen molar-refractivity contribution in [2.75, 3.05) is 11.9 Å². The molecule has 0 spiro atoms. The van der Waals surface area contributed by atoms with Crippen molar-refractivity contribution in [1.29, 1.82) is 0 Å². The zero-order valence-corrected chi connectivity index (χ0v) is 12.3. The van der Waals surface area contributed by atoms with E-state index in [1.165, 1.54) is 29.8 Å². The van der Waals surface area contributed by atoms with Gasteiger partial charge in [0.05, 0.1) is 5.69 Å². The van der Waals surface area contributed by atoms with Gasteiger partial charge in [-0.1, -0.05) is 6.07 Å². The van der Waals surface area contributed by atoms with Gasteiger partial charge in [-0.15, -0.1) is 0 Å². The number of hydrogen-bond acceptors (Lipinski definition) is 3. The van der Waals surface area contributed by atoms with Crippen LogP contribution in [0.5, 0.6) is 0 Å². The second-order valence-corrected chi connectivity index (χ2v) is 5.59. The van der Waals surface area contributed by atoms with Gasteiger partial charge >= 0.3 is 0 Å². The van der Waals surface area contributed by atoms with Crippen LogP contribution >= 0.6 is 0 Å². The first-order valence-electron chi connectivity index (χ1n) is 7.46. The standard InChI is InChI=1S/C16H22N4/c1-12-11-13(2)20(19-12)10-4-9-17-16-8-7-14-5-3-6-15(14)18-16/h7-8,11H,3-6,9-10H2,1-2H3,(H,17,18). The molecule has 0 aliphatic heterocycles. The number of pyridine rings is 1. The van der Waals surface area contributed by atoms with Crippen molar-refractivity contribution in [3.8, 4) is 0 Å². The second kappa shape index (κ2) is 5.65. The number of anilines is 1. The van der Waals surface area contributed by atoms with E-state index in [1.54, 1.807) is 0 Å². The van der Waals surface area contributed by atoms with Crippen LogP contribution in [0.25, 0.3) is 0 Å². The Morgan fingerprint density at radius 3 is 2.95 bits per heavy atom. The number of fused-ring (bicyclic) bond motifs is 1. The predicted molar refractivity (Wildman–Crippen MR) is 81.1 cm³/mol. The lowest BCUT2D eigenvalue weighted by atomic mass is 10.2. The van der Waals surface area contributed by atoms with E-state index in [1.807, 2.05) is 6.92 Å². The van der Waals surface area contributed by atoms with E-state index < -0.39 is 0 Å². The van der Waals surface area contributed by atoms with Gasteiger partial charge in [0.1, 0.15) is 5.82 Å². The van der Waals surface area contributed by atoms with E-state index in [-0.39, 0.29) is 0 Å². The molecule has 0 saturated heterocycles. The van der Waals surface area contributed by atoms with Crippen LogP contribution < -0.4 is 5.32 Å². The number of nitrogens with one attached hydrogen (secondary N) is 1. The maximum atomic E-state index is 4.69. The maximum Gasteiger partial charge on any atom is 0.126 e. The molecule has 106 valence electrons. The molecule has 0 saturated carbocycles. The lowest BCUT2D eigenvalue weighted by Gasteiger charge is -2.08. The largest absolute Gasteiger partial charge is 0.370 e. The highest BCUT2D eigenvalue weighted by Crippen LogP contribution is 2.21. The van der Waals surface area contributed by atoms with Gasteiger partial charge in [-0.2, -0.15) is 5.10 Å². The number of aromatic nitrogens is 3. The average Bonchev–Trinajstić information content (AvgIpc) is 3.00. The molecule has 4 nitrogen and oxygen atoms in total. The highest BCUT2D eigenvalue weighted by molar-refractivity contribution is 5.40. The Balaban J connectivity index is 1.49. The Labute approximate surface area is 120 Å². The molecule has 1 N–H and O–H groups in total. The Hall–Kier alpha value is -1.84. The highest BCUT2D eigenvalue weighted by atomic mass is 15.3. The first-order chi connectivity index (χ1) is 9.72. The molecule has 1 aliphatic rings. The summed E-state index contributed by atoms with van der Waals surface area (Å²) in [6, 6.07) is 6.45. The molecule has 0 aromatic carbocycles. The van der Waals surface area contributed by atoms with Gasteiger partial charge in [-0.05, 0) is 57.2 Å². The van der Waals surface area contributed by atoms with Gasteiger partial charge in [0.15, 0.2) is 0 Å². The summed E-state index contributed by atoms with van der Waals surface area (Å²) in [5.74, 6) is 1.01. The summed E-state index contributed by atoms with van der Waals surface area (Å²) in [4.78, 5) is 4.69. The molecule has 2 heterocycles. The minimum atomic E-state index is 0.935. The highest BCUT2D eigenvalue weighted by Gasteiger charge is 2.12. The summed E-state index contributed by atoms with van der Waals surface area (Å²) in [6.07, 6.45) is 4.64. The van der Waals surface area contributed by atoms with Crippen molar-refractivity contribution in [2.24, 2.45) is 0 Å². The quantitative estimate of drug-likeness (QED) is 0.850. The molecule has 4 heteroatoms. The van der Waals surface area contributed by atoms with Gasteiger partial charge < -0.3 is 5.32 Å². The van der Waals surface area contributed by atoms with Crippen LogP contribution in [0.4, 0.5) is 5.82 Å². The molecule has 3 rings (SSSR count). The molecule has 0 radical (unpaired) electrons. The molecule has 0 atom stereocenters. The third-order valence-electron chi connectivity index (χ3n) is 3.88. The van der Waals surface area contributed by atoms with Crippen LogP contribution in [0.2, 0.25) is 0 Å². The number of aryl methyl sites for hydroxylation is 5. The normalized spacial score (nSPS) is 13.5. The Morgan fingerprint density at radius 2 is 2.15 bits per heavy atom. The number of nitrogens with zero attached hydrogens (tertiary/aromatic N) is 3. The first kappa shape index (κ1) is 13.2. The van der Waals surface area contributed by atoms with Gasteiger partial charge in [0.25, 0.3) is 0 Å². The fourth-order valence-electron chi connectivity index (χ4n) is 2.87. The topological polar surface area (TPSA) is 42.7 Å². The third-order valence-corrected chi connectivity index (χ3v) is 3.88. The van der Waals surface area contributed by atoms with Crippen molar-refractivity contribution in [2.45, 2.75) is 46.1 Å². The van der Waals surface area contributed by atoms with Gasteiger partial charge in [0, 0.05) is 24.5 Å². The van der Waals surface area contributed by atoms with Crippen molar-refractivity contribution >= 4 is 5.82 Å². The van der Waals surface area contributed by atoms with Gasteiger partial charge in [-0.3, -0.25) is 4.68 Å². The fourth-order valence-corrected chi connectivity index (χ4v) is 2.87. The van der Waals surface area contributed by atoms with Crippen LogP contribution in [0.1, 0.15) is 35.5 Å². The monoisotopic (exact) mass is 270 g/mol. The lowest BCUT2D eigenvalue weighted by Crippen LogP contribution is -2.10. The summed E-state index contributed by atoms with van der Waals surface area (Å²) >= 11 is 0. The van der Waals surface area contributed by atoms with Gasteiger partial charge in [-0.25, -0.2) is 4.98 Å². The Bertz CT molecular complexity index is 601. The molecule has 1 aliphatic carbocycles. The molecule has 0 amide bonds. The van der Waals surface area contributed by atoms with Crippen LogP contribution in [-0.4, -0.2) is 21.3 Å². The second-order valence-electron chi connectivity index (χ2n) is 5.59. The molecule has 0 unspecified atom stereocenters. The molecular weight excluding hydrogens is 248 g/mol. The van der Waals surface area contributed by atoms with Crippen molar-refractivity contribution < 1.29 is 0 Å². The summed E-state index contributed by atoms with van der Waals surface area (Å²) in [6.45, 7) is 6.04. The van der Waals surface area contributed by atoms with Crippen LogP contribution in [0, 0.1) is 13.8 Å². The molecule has 20 heavy (non-hydrogen) atoms. The predicted octanol–water partition coefficient (Wildman–Crippen LogP) is 2.89. The Morgan fingerprint density at radius 1 is 1.25 bits per heavy atom. The van der Waals surface area contributed by atoms with E-state index in [2.05, 4.69) is 45.2 Å². The summed E-state index contributed by atoms with van der Waals surface area (Å²) < 4.78 is 2.08. The smallest absolute Gasteiger partial charge is 0.126 e. The van der Waals surface area contributed by atoms with Crippen LogP contribution in [0.15, 0.2) is 18.2 Å². The van der Waals surface area contributed by atoms with E-state index in [0.29, 0.717) is 0 Å². The Kier molecular flexibility index (Phi) is 3.72. The molecule has 0 fully saturated rings. The molecular formula is C16H22N4.